The lowest BCUT2D eigenvalue weighted by Gasteiger charge is -2.27. The van der Waals surface area contributed by atoms with E-state index in [4.69, 9.17) is 0 Å². The first kappa shape index (κ1) is 19.2. The van der Waals surface area contributed by atoms with Crippen LogP contribution in [0.2, 0.25) is 0 Å². The van der Waals surface area contributed by atoms with Crippen molar-refractivity contribution in [3.05, 3.63) is 0 Å². The number of halogens is 1. The Morgan fingerprint density at radius 3 is 2.60 bits per heavy atom. The van der Waals surface area contributed by atoms with Crippen molar-refractivity contribution in [2.45, 2.75) is 39.0 Å². The van der Waals surface area contributed by atoms with E-state index < -0.39 is 0 Å². The molecule has 1 aliphatic heterocycles. The van der Waals surface area contributed by atoms with Crippen molar-refractivity contribution < 1.29 is 14.3 Å². The molecule has 0 spiro atoms. The average molecular weight is 307 g/mol. The van der Waals surface area contributed by atoms with Crippen molar-refractivity contribution in [3.8, 4) is 0 Å². The van der Waals surface area contributed by atoms with Crippen LogP contribution in [0.15, 0.2) is 0 Å². The smallest absolute Gasteiger partial charge is 0.305 e. The van der Waals surface area contributed by atoms with Crippen LogP contribution >= 0.6 is 12.4 Å². The molecule has 0 radical (unpaired) electrons. The lowest BCUT2D eigenvalue weighted by atomic mass is 9.84. The van der Waals surface area contributed by atoms with Gasteiger partial charge in [-0.05, 0) is 44.2 Å². The fraction of sp³-hybridized carbons (Fsp3) is 0.857. The number of rotatable bonds is 7. The molecule has 1 aliphatic rings. The van der Waals surface area contributed by atoms with Crippen LogP contribution in [0, 0.1) is 11.8 Å². The van der Waals surface area contributed by atoms with Crippen LogP contribution in [0.25, 0.3) is 0 Å². The van der Waals surface area contributed by atoms with Gasteiger partial charge in [-0.15, -0.1) is 12.4 Å². The van der Waals surface area contributed by atoms with Gasteiger partial charge >= 0.3 is 5.97 Å². The molecule has 20 heavy (non-hydrogen) atoms. The SMILES string of the molecule is COC(=O)CCCNC(=O)CC(C)C1CCNCC1.Cl. The Hall–Kier alpha value is -0.810. The third-order valence-corrected chi connectivity index (χ3v) is 3.80. The number of hydrogen-bond donors (Lipinski definition) is 2. The van der Waals surface area contributed by atoms with Gasteiger partial charge < -0.3 is 15.4 Å². The molecule has 0 bridgehead atoms. The van der Waals surface area contributed by atoms with Crippen molar-refractivity contribution in [3.63, 3.8) is 0 Å². The molecule has 1 heterocycles. The number of methoxy groups -OCH3 is 1. The Morgan fingerprint density at radius 1 is 1.35 bits per heavy atom. The number of ether oxygens (including phenoxy) is 1. The van der Waals surface area contributed by atoms with E-state index in [-0.39, 0.29) is 24.3 Å². The van der Waals surface area contributed by atoms with Crippen LogP contribution < -0.4 is 10.6 Å². The summed E-state index contributed by atoms with van der Waals surface area (Å²) < 4.78 is 4.54. The predicted molar refractivity (Wildman–Crippen MR) is 80.9 cm³/mol. The molecule has 1 amide bonds. The van der Waals surface area contributed by atoms with Gasteiger partial charge in [-0.2, -0.15) is 0 Å². The molecule has 6 heteroatoms. The largest absolute Gasteiger partial charge is 0.469 e. The van der Waals surface area contributed by atoms with E-state index in [0.29, 0.717) is 37.6 Å². The highest BCUT2D eigenvalue weighted by Crippen LogP contribution is 2.23. The highest BCUT2D eigenvalue weighted by Gasteiger charge is 2.21. The van der Waals surface area contributed by atoms with Crippen LogP contribution in [0.5, 0.6) is 0 Å². The molecule has 118 valence electrons. The molecule has 0 aromatic carbocycles. The summed E-state index contributed by atoms with van der Waals surface area (Å²) in [5.41, 5.74) is 0. The number of carbonyl (C=O) groups excluding carboxylic acids is 2. The normalized spacial score (nSPS) is 16.9. The van der Waals surface area contributed by atoms with Crippen molar-refractivity contribution in [1.82, 2.24) is 10.6 Å². The molecule has 1 unspecified atom stereocenters. The maximum Gasteiger partial charge on any atom is 0.305 e. The zero-order valence-corrected chi connectivity index (χ0v) is 13.3. The summed E-state index contributed by atoms with van der Waals surface area (Å²) in [6.07, 6.45) is 3.91. The summed E-state index contributed by atoms with van der Waals surface area (Å²) >= 11 is 0. The average Bonchev–Trinajstić information content (AvgIpc) is 2.44. The number of carbonyl (C=O) groups is 2. The van der Waals surface area contributed by atoms with E-state index in [2.05, 4.69) is 22.3 Å². The summed E-state index contributed by atoms with van der Waals surface area (Å²) in [4.78, 5) is 22.7. The molecule has 1 atom stereocenters. The van der Waals surface area contributed by atoms with Gasteiger partial charge in [0.15, 0.2) is 0 Å². The van der Waals surface area contributed by atoms with E-state index in [1.165, 1.54) is 7.11 Å². The van der Waals surface area contributed by atoms with Gasteiger partial charge in [-0.25, -0.2) is 0 Å². The van der Waals surface area contributed by atoms with Gasteiger partial charge in [-0.3, -0.25) is 9.59 Å². The fourth-order valence-electron chi connectivity index (χ4n) is 2.51. The Bertz CT molecular complexity index is 294. The molecule has 0 aromatic heterocycles. The molecule has 1 rings (SSSR count). The van der Waals surface area contributed by atoms with Crippen molar-refractivity contribution in [2.75, 3.05) is 26.7 Å². The lowest BCUT2D eigenvalue weighted by Crippen LogP contribution is -2.33. The minimum absolute atomic E-state index is 0. The highest BCUT2D eigenvalue weighted by molar-refractivity contribution is 5.85. The summed E-state index contributed by atoms with van der Waals surface area (Å²) in [6, 6.07) is 0. The highest BCUT2D eigenvalue weighted by atomic mass is 35.5. The van der Waals surface area contributed by atoms with Gasteiger partial charge in [0.2, 0.25) is 5.91 Å². The quantitative estimate of drug-likeness (QED) is 0.552. The third-order valence-electron chi connectivity index (χ3n) is 3.80. The number of nitrogens with one attached hydrogen (secondary N) is 2. The second-order valence-electron chi connectivity index (χ2n) is 5.30. The minimum atomic E-state index is -0.225. The minimum Gasteiger partial charge on any atom is -0.469 e. The lowest BCUT2D eigenvalue weighted by molar-refractivity contribution is -0.140. The number of amides is 1. The molecular formula is C14H27ClN2O3. The van der Waals surface area contributed by atoms with E-state index in [9.17, 15) is 9.59 Å². The summed E-state index contributed by atoms with van der Waals surface area (Å²) in [5, 5.41) is 6.21. The van der Waals surface area contributed by atoms with Crippen LogP contribution in [0.4, 0.5) is 0 Å². The number of piperidine rings is 1. The molecule has 1 saturated heterocycles. The standard InChI is InChI=1S/C14H26N2O3.ClH/c1-11(12-5-8-15-9-6-12)10-13(17)16-7-3-4-14(18)19-2;/h11-12,15H,3-10H2,1-2H3,(H,16,17);1H. The van der Waals surface area contributed by atoms with Crippen LogP contribution in [0.3, 0.4) is 0 Å². The zero-order valence-electron chi connectivity index (χ0n) is 12.4. The van der Waals surface area contributed by atoms with E-state index in [0.717, 1.165) is 25.9 Å². The number of esters is 1. The van der Waals surface area contributed by atoms with E-state index >= 15 is 0 Å². The first-order chi connectivity index (χ1) is 9.13. The first-order valence-electron chi connectivity index (χ1n) is 7.17. The molecule has 2 N–H and O–H groups in total. The first-order valence-corrected chi connectivity index (χ1v) is 7.17. The molecular weight excluding hydrogens is 280 g/mol. The van der Waals surface area contributed by atoms with Crippen molar-refractivity contribution >= 4 is 24.3 Å². The van der Waals surface area contributed by atoms with Gasteiger partial charge in [0.25, 0.3) is 0 Å². The second-order valence-corrected chi connectivity index (χ2v) is 5.30. The maximum absolute atomic E-state index is 11.8. The van der Waals surface area contributed by atoms with Crippen LogP contribution in [0.1, 0.15) is 39.0 Å². The van der Waals surface area contributed by atoms with Gasteiger partial charge in [0, 0.05) is 19.4 Å². The topological polar surface area (TPSA) is 67.4 Å². The second kappa shape index (κ2) is 10.9. The van der Waals surface area contributed by atoms with Gasteiger partial charge in [0.1, 0.15) is 0 Å². The maximum atomic E-state index is 11.8. The van der Waals surface area contributed by atoms with Gasteiger partial charge in [-0.1, -0.05) is 6.92 Å². The van der Waals surface area contributed by atoms with Crippen molar-refractivity contribution in [2.24, 2.45) is 11.8 Å². The van der Waals surface area contributed by atoms with E-state index in [1.54, 1.807) is 0 Å². The predicted octanol–water partition coefficient (Wildman–Crippen LogP) is 1.50. The molecule has 0 aromatic rings. The molecule has 5 nitrogen and oxygen atoms in total. The summed E-state index contributed by atoms with van der Waals surface area (Å²) in [6.45, 7) is 4.84. The Labute approximate surface area is 127 Å². The Kier molecular flexibility index (Phi) is 10.5. The monoisotopic (exact) mass is 306 g/mol. The van der Waals surface area contributed by atoms with Crippen LogP contribution in [-0.4, -0.2) is 38.6 Å². The third kappa shape index (κ3) is 7.70. The van der Waals surface area contributed by atoms with Crippen LogP contribution in [-0.2, 0) is 14.3 Å². The summed E-state index contributed by atoms with van der Waals surface area (Å²) in [7, 11) is 1.38. The molecule has 1 fully saturated rings. The number of hydrogen-bond acceptors (Lipinski definition) is 4. The molecule has 0 saturated carbocycles. The zero-order chi connectivity index (χ0) is 14.1. The van der Waals surface area contributed by atoms with E-state index in [1.807, 2.05) is 0 Å². The fourth-order valence-corrected chi connectivity index (χ4v) is 2.51. The van der Waals surface area contributed by atoms with Gasteiger partial charge in [0.05, 0.1) is 7.11 Å². The Balaban J connectivity index is 0.00000361. The van der Waals surface area contributed by atoms with Crippen molar-refractivity contribution in [1.29, 1.82) is 0 Å². The Morgan fingerprint density at radius 2 is 2.00 bits per heavy atom. The molecule has 0 aliphatic carbocycles. The summed E-state index contributed by atoms with van der Waals surface area (Å²) in [5.74, 6) is 0.956.